The predicted octanol–water partition coefficient (Wildman–Crippen LogP) is 3.08. The van der Waals surface area contributed by atoms with Crippen LogP contribution in [0, 0.1) is 0 Å². The van der Waals surface area contributed by atoms with Crippen molar-refractivity contribution in [2.24, 2.45) is 0 Å². The summed E-state index contributed by atoms with van der Waals surface area (Å²) in [5.41, 5.74) is 2.26. The standard InChI is InChI=1S/C16H17N3O/c1-2-13-10-19-16(20-13)11-17-9-12-7-8-18-15-6-4-3-5-14(12)15/h3-8,10,17H,2,9,11H2,1H3. The number of hydrogen-bond acceptors (Lipinski definition) is 4. The topological polar surface area (TPSA) is 51.0 Å². The number of hydrogen-bond donors (Lipinski definition) is 1. The van der Waals surface area contributed by atoms with Crippen LogP contribution in [0.25, 0.3) is 10.9 Å². The van der Waals surface area contributed by atoms with Gasteiger partial charge in [0.1, 0.15) is 5.76 Å². The minimum Gasteiger partial charge on any atom is -0.444 e. The van der Waals surface area contributed by atoms with Crippen molar-refractivity contribution in [3.8, 4) is 0 Å². The van der Waals surface area contributed by atoms with E-state index in [0.29, 0.717) is 6.54 Å². The highest BCUT2D eigenvalue weighted by atomic mass is 16.4. The van der Waals surface area contributed by atoms with E-state index in [1.54, 1.807) is 6.20 Å². The third-order valence-corrected chi connectivity index (χ3v) is 3.28. The number of nitrogens with one attached hydrogen (secondary N) is 1. The molecular weight excluding hydrogens is 250 g/mol. The number of benzene rings is 1. The summed E-state index contributed by atoms with van der Waals surface area (Å²) in [5.74, 6) is 1.66. The van der Waals surface area contributed by atoms with E-state index in [-0.39, 0.29) is 0 Å². The Kier molecular flexibility index (Phi) is 3.74. The van der Waals surface area contributed by atoms with E-state index in [0.717, 1.165) is 30.1 Å². The van der Waals surface area contributed by atoms with Crippen LogP contribution in [0.1, 0.15) is 24.1 Å². The molecule has 0 atom stereocenters. The molecule has 2 heterocycles. The number of rotatable bonds is 5. The van der Waals surface area contributed by atoms with Crippen LogP contribution < -0.4 is 5.32 Å². The van der Waals surface area contributed by atoms with E-state index in [9.17, 15) is 0 Å². The molecule has 0 amide bonds. The van der Waals surface area contributed by atoms with Gasteiger partial charge in [-0.1, -0.05) is 25.1 Å². The van der Waals surface area contributed by atoms with Crippen molar-refractivity contribution >= 4 is 10.9 Å². The summed E-state index contributed by atoms with van der Waals surface area (Å²) in [6.07, 6.45) is 4.51. The van der Waals surface area contributed by atoms with Crippen LogP contribution in [0.4, 0.5) is 0 Å². The third kappa shape index (κ3) is 2.70. The van der Waals surface area contributed by atoms with Crippen molar-refractivity contribution in [3.63, 3.8) is 0 Å². The van der Waals surface area contributed by atoms with Gasteiger partial charge in [-0.2, -0.15) is 0 Å². The molecule has 0 unspecified atom stereocenters. The van der Waals surface area contributed by atoms with Gasteiger partial charge in [0.25, 0.3) is 0 Å². The Hall–Kier alpha value is -2.20. The summed E-state index contributed by atoms with van der Waals surface area (Å²) in [7, 11) is 0. The molecule has 20 heavy (non-hydrogen) atoms. The van der Waals surface area contributed by atoms with Crippen molar-refractivity contribution in [1.29, 1.82) is 0 Å². The quantitative estimate of drug-likeness (QED) is 0.772. The second-order valence-corrected chi connectivity index (χ2v) is 4.66. The maximum atomic E-state index is 5.57. The van der Waals surface area contributed by atoms with Gasteiger partial charge in [0, 0.05) is 24.5 Å². The zero-order valence-corrected chi connectivity index (χ0v) is 11.5. The van der Waals surface area contributed by atoms with E-state index in [2.05, 4.69) is 28.3 Å². The molecule has 0 spiro atoms. The van der Waals surface area contributed by atoms with Crippen LogP contribution in [-0.2, 0) is 19.5 Å². The van der Waals surface area contributed by atoms with Crippen LogP contribution in [0.15, 0.2) is 47.1 Å². The lowest BCUT2D eigenvalue weighted by atomic mass is 10.1. The van der Waals surface area contributed by atoms with Crippen molar-refractivity contribution in [2.75, 3.05) is 0 Å². The molecule has 3 aromatic rings. The molecule has 0 saturated heterocycles. The smallest absolute Gasteiger partial charge is 0.208 e. The van der Waals surface area contributed by atoms with Gasteiger partial charge in [-0.25, -0.2) is 4.98 Å². The summed E-state index contributed by atoms with van der Waals surface area (Å²) >= 11 is 0. The van der Waals surface area contributed by atoms with Gasteiger partial charge >= 0.3 is 0 Å². The molecule has 4 heteroatoms. The molecule has 0 radical (unpaired) electrons. The summed E-state index contributed by atoms with van der Waals surface area (Å²) in [6, 6.07) is 10.2. The van der Waals surface area contributed by atoms with Crippen LogP contribution in [-0.4, -0.2) is 9.97 Å². The number of nitrogens with zero attached hydrogens (tertiary/aromatic N) is 2. The van der Waals surface area contributed by atoms with Crippen molar-refractivity contribution in [1.82, 2.24) is 15.3 Å². The second kappa shape index (κ2) is 5.84. The van der Waals surface area contributed by atoms with Gasteiger partial charge < -0.3 is 9.73 Å². The molecule has 0 aliphatic heterocycles. The zero-order chi connectivity index (χ0) is 13.8. The SMILES string of the molecule is CCc1cnc(CNCc2ccnc3ccccc23)o1. The molecule has 1 N–H and O–H groups in total. The van der Waals surface area contributed by atoms with E-state index >= 15 is 0 Å². The highest BCUT2D eigenvalue weighted by molar-refractivity contribution is 5.81. The summed E-state index contributed by atoms with van der Waals surface area (Å²) in [5, 5.41) is 4.55. The van der Waals surface area contributed by atoms with Crippen molar-refractivity contribution in [2.45, 2.75) is 26.4 Å². The first-order valence-electron chi connectivity index (χ1n) is 6.83. The molecule has 1 aromatic carbocycles. The number of fused-ring (bicyclic) bond motifs is 1. The highest BCUT2D eigenvalue weighted by Gasteiger charge is 2.04. The Morgan fingerprint density at radius 2 is 2.00 bits per heavy atom. The number of aryl methyl sites for hydroxylation is 1. The van der Waals surface area contributed by atoms with E-state index < -0.39 is 0 Å². The number of oxazole rings is 1. The maximum absolute atomic E-state index is 5.57. The molecule has 4 nitrogen and oxygen atoms in total. The number of aromatic nitrogens is 2. The van der Waals surface area contributed by atoms with Crippen LogP contribution in [0.3, 0.4) is 0 Å². The van der Waals surface area contributed by atoms with Gasteiger partial charge in [-0.3, -0.25) is 4.98 Å². The predicted molar refractivity (Wildman–Crippen MR) is 78.2 cm³/mol. The zero-order valence-electron chi connectivity index (χ0n) is 11.5. The summed E-state index contributed by atoms with van der Waals surface area (Å²) in [6.45, 7) is 3.46. The Morgan fingerprint density at radius 3 is 2.85 bits per heavy atom. The second-order valence-electron chi connectivity index (χ2n) is 4.66. The summed E-state index contributed by atoms with van der Waals surface area (Å²) in [4.78, 5) is 8.60. The maximum Gasteiger partial charge on any atom is 0.208 e. The molecule has 3 rings (SSSR count). The van der Waals surface area contributed by atoms with Gasteiger partial charge in [0.05, 0.1) is 18.3 Å². The first kappa shape index (κ1) is 12.8. The summed E-state index contributed by atoms with van der Waals surface area (Å²) < 4.78 is 5.57. The molecule has 102 valence electrons. The van der Waals surface area contributed by atoms with Gasteiger partial charge in [0.2, 0.25) is 5.89 Å². The lowest BCUT2D eigenvalue weighted by molar-refractivity contribution is 0.439. The van der Waals surface area contributed by atoms with E-state index in [4.69, 9.17) is 4.42 Å². The first-order valence-corrected chi connectivity index (χ1v) is 6.83. The Balaban J connectivity index is 1.68. The minimum atomic E-state index is 0.636. The van der Waals surface area contributed by atoms with E-state index in [1.807, 2.05) is 30.5 Å². The average Bonchev–Trinajstić information content (AvgIpc) is 2.95. The van der Waals surface area contributed by atoms with Gasteiger partial charge in [-0.05, 0) is 17.7 Å². The molecule has 0 aliphatic carbocycles. The molecule has 0 saturated carbocycles. The normalized spacial score (nSPS) is 11.1. The fraction of sp³-hybridized carbons (Fsp3) is 0.250. The minimum absolute atomic E-state index is 0.636. The van der Waals surface area contributed by atoms with Gasteiger partial charge in [-0.15, -0.1) is 0 Å². The van der Waals surface area contributed by atoms with Crippen LogP contribution in [0.5, 0.6) is 0 Å². The lowest BCUT2D eigenvalue weighted by Crippen LogP contribution is -2.13. The largest absolute Gasteiger partial charge is 0.444 e. The first-order chi connectivity index (χ1) is 9.86. The highest BCUT2D eigenvalue weighted by Crippen LogP contribution is 2.16. The molecule has 2 aromatic heterocycles. The monoisotopic (exact) mass is 267 g/mol. The van der Waals surface area contributed by atoms with E-state index in [1.165, 1.54) is 10.9 Å². The third-order valence-electron chi connectivity index (χ3n) is 3.28. The Morgan fingerprint density at radius 1 is 1.10 bits per heavy atom. The van der Waals surface area contributed by atoms with Crippen LogP contribution >= 0.6 is 0 Å². The average molecular weight is 267 g/mol. The number of pyridine rings is 1. The lowest BCUT2D eigenvalue weighted by Gasteiger charge is -2.06. The Labute approximate surface area is 117 Å². The number of para-hydroxylation sites is 1. The fourth-order valence-electron chi connectivity index (χ4n) is 2.21. The fourth-order valence-corrected chi connectivity index (χ4v) is 2.21. The van der Waals surface area contributed by atoms with Crippen LogP contribution in [0.2, 0.25) is 0 Å². The Bertz CT molecular complexity index is 700. The molecular formula is C16H17N3O. The van der Waals surface area contributed by atoms with Crippen molar-refractivity contribution in [3.05, 3.63) is 59.9 Å². The molecule has 0 aliphatic rings. The van der Waals surface area contributed by atoms with Gasteiger partial charge in [0.15, 0.2) is 0 Å². The molecule has 0 fully saturated rings. The molecule has 0 bridgehead atoms. The van der Waals surface area contributed by atoms with Crippen molar-refractivity contribution < 1.29 is 4.42 Å².